The van der Waals surface area contributed by atoms with E-state index in [9.17, 15) is 9.59 Å². The zero-order valence-electron chi connectivity index (χ0n) is 15.3. The maximum absolute atomic E-state index is 12.8. The number of ether oxygens (including phenoxy) is 1. The number of nitrogens with zero attached hydrogens (tertiary/aromatic N) is 2. The third-order valence-electron chi connectivity index (χ3n) is 4.20. The van der Waals surface area contributed by atoms with Gasteiger partial charge in [-0.05, 0) is 44.7 Å². The highest BCUT2D eigenvalue weighted by atomic mass is 32.2. The summed E-state index contributed by atoms with van der Waals surface area (Å²) in [7, 11) is 0. The molecule has 1 aromatic rings. The van der Waals surface area contributed by atoms with Crippen LogP contribution >= 0.6 is 23.5 Å². The Bertz CT molecular complexity index is 784. The van der Waals surface area contributed by atoms with E-state index in [4.69, 9.17) is 4.74 Å². The van der Waals surface area contributed by atoms with Crippen molar-refractivity contribution in [2.45, 2.75) is 44.2 Å². The minimum Gasteiger partial charge on any atom is -0.459 e. The monoisotopic (exact) mass is 390 g/mol. The number of carbonyl (C=O) groups is 2. The molecule has 0 saturated carbocycles. The number of allylic oxidation sites excluding steroid dienone is 1. The van der Waals surface area contributed by atoms with Gasteiger partial charge in [0.2, 0.25) is 5.91 Å². The van der Waals surface area contributed by atoms with Gasteiger partial charge >= 0.3 is 5.97 Å². The fourth-order valence-corrected chi connectivity index (χ4v) is 4.45. The maximum Gasteiger partial charge on any atom is 0.338 e. The molecule has 3 rings (SSSR count). The lowest BCUT2D eigenvalue weighted by Gasteiger charge is -2.39. The van der Waals surface area contributed by atoms with E-state index in [-0.39, 0.29) is 12.0 Å². The van der Waals surface area contributed by atoms with Crippen molar-refractivity contribution in [2.75, 3.05) is 12.0 Å². The van der Waals surface area contributed by atoms with Crippen molar-refractivity contribution in [3.63, 3.8) is 0 Å². The number of carbonyl (C=O) groups excluding carboxylic acids is 2. The van der Waals surface area contributed by atoms with Crippen LogP contribution in [0.5, 0.6) is 0 Å². The zero-order chi connectivity index (χ0) is 18.8. The number of benzene rings is 1. The van der Waals surface area contributed by atoms with Gasteiger partial charge in [0.1, 0.15) is 0 Å². The topological polar surface area (TPSA) is 59.0 Å². The SMILES string of the molecule is CSc1ccc([C@@H]2C(C(=O)OC(C)C)=C(C)N=C3SCCC(=O)N32)cc1. The van der Waals surface area contributed by atoms with Crippen molar-refractivity contribution in [1.82, 2.24) is 4.90 Å². The maximum atomic E-state index is 12.8. The highest BCUT2D eigenvalue weighted by Crippen LogP contribution is 2.40. The smallest absolute Gasteiger partial charge is 0.338 e. The van der Waals surface area contributed by atoms with Gasteiger partial charge in [0, 0.05) is 17.1 Å². The predicted octanol–water partition coefficient (Wildman–Crippen LogP) is 4.01. The van der Waals surface area contributed by atoms with Gasteiger partial charge in [-0.15, -0.1) is 11.8 Å². The molecule has 0 aliphatic carbocycles. The van der Waals surface area contributed by atoms with Crippen LogP contribution in [0.2, 0.25) is 0 Å². The first kappa shape index (κ1) is 19.0. The van der Waals surface area contributed by atoms with E-state index >= 15 is 0 Å². The van der Waals surface area contributed by atoms with E-state index in [0.717, 1.165) is 10.5 Å². The molecule has 138 valence electrons. The van der Waals surface area contributed by atoms with Gasteiger partial charge in [0.05, 0.1) is 23.4 Å². The van der Waals surface area contributed by atoms with Crippen molar-refractivity contribution in [3.8, 4) is 0 Å². The first-order valence-electron chi connectivity index (χ1n) is 8.51. The molecule has 0 N–H and O–H groups in total. The predicted molar refractivity (Wildman–Crippen MR) is 106 cm³/mol. The van der Waals surface area contributed by atoms with Crippen LogP contribution in [0.15, 0.2) is 45.4 Å². The van der Waals surface area contributed by atoms with E-state index in [1.54, 1.807) is 28.4 Å². The van der Waals surface area contributed by atoms with Crippen LogP contribution in [0.25, 0.3) is 0 Å². The largest absolute Gasteiger partial charge is 0.459 e. The number of esters is 1. The van der Waals surface area contributed by atoms with Gasteiger partial charge in [-0.1, -0.05) is 23.9 Å². The van der Waals surface area contributed by atoms with Crippen molar-refractivity contribution in [2.24, 2.45) is 4.99 Å². The third-order valence-corrected chi connectivity index (χ3v) is 5.90. The van der Waals surface area contributed by atoms with Crippen molar-refractivity contribution in [1.29, 1.82) is 0 Å². The molecule has 1 atom stereocenters. The first-order chi connectivity index (χ1) is 12.4. The van der Waals surface area contributed by atoms with Gasteiger partial charge in [-0.25, -0.2) is 9.79 Å². The first-order valence-corrected chi connectivity index (χ1v) is 10.7. The average molecular weight is 391 g/mol. The molecule has 2 aliphatic rings. The summed E-state index contributed by atoms with van der Waals surface area (Å²) < 4.78 is 5.46. The number of rotatable bonds is 4. The van der Waals surface area contributed by atoms with Crippen LogP contribution in [0, 0.1) is 0 Å². The van der Waals surface area contributed by atoms with E-state index in [2.05, 4.69) is 4.99 Å². The molecule has 2 aliphatic heterocycles. The molecular weight excluding hydrogens is 368 g/mol. The van der Waals surface area contributed by atoms with Crippen LogP contribution in [-0.4, -0.2) is 40.1 Å². The van der Waals surface area contributed by atoms with E-state index in [1.165, 1.54) is 0 Å². The summed E-state index contributed by atoms with van der Waals surface area (Å²) >= 11 is 3.20. The minimum absolute atomic E-state index is 0.0104. The molecule has 5 nitrogen and oxygen atoms in total. The number of hydrogen-bond acceptors (Lipinski definition) is 6. The van der Waals surface area contributed by atoms with Gasteiger partial charge in [0.25, 0.3) is 0 Å². The number of amidine groups is 1. The standard InChI is InChI=1S/C19H22N2O3S2/c1-11(2)24-18(23)16-12(3)20-19-21(15(22)9-10-26-19)17(16)13-5-7-14(25-4)8-6-13/h5-8,11,17H,9-10H2,1-4H3/t17-/m1/s1. The molecule has 1 saturated heterocycles. The third kappa shape index (κ3) is 3.69. The number of fused-ring (bicyclic) bond motifs is 1. The lowest BCUT2D eigenvalue weighted by Crippen LogP contribution is -2.46. The van der Waals surface area contributed by atoms with Gasteiger partial charge < -0.3 is 4.74 Å². The van der Waals surface area contributed by atoms with Crippen LogP contribution in [0.1, 0.15) is 38.8 Å². The molecule has 0 bridgehead atoms. The van der Waals surface area contributed by atoms with Crippen molar-refractivity contribution in [3.05, 3.63) is 41.1 Å². The van der Waals surface area contributed by atoms with Crippen LogP contribution in [-0.2, 0) is 14.3 Å². The Balaban J connectivity index is 2.11. The summed E-state index contributed by atoms with van der Waals surface area (Å²) in [5.74, 6) is 0.289. The number of amides is 1. The molecular formula is C19H22N2O3S2. The summed E-state index contributed by atoms with van der Waals surface area (Å²) in [5, 5.41) is 0.666. The zero-order valence-corrected chi connectivity index (χ0v) is 16.9. The molecule has 1 aromatic carbocycles. The van der Waals surface area contributed by atoms with Crippen LogP contribution < -0.4 is 0 Å². The fourth-order valence-electron chi connectivity index (χ4n) is 3.04. The van der Waals surface area contributed by atoms with Crippen LogP contribution in [0.4, 0.5) is 0 Å². The minimum atomic E-state index is -0.495. The Kier molecular flexibility index (Phi) is 5.77. The highest BCUT2D eigenvalue weighted by molar-refractivity contribution is 8.14. The van der Waals surface area contributed by atoms with Gasteiger partial charge in [0.15, 0.2) is 5.17 Å². The molecule has 1 amide bonds. The summed E-state index contributed by atoms with van der Waals surface area (Å²) in [6.45, 7) is 5.44. The Morgan fingerprint density at radius 2 is 2.04 bits per heavy atom. The fraction of sp³-hybridized carbons (Fsp3) is 0.421. The lowest BCUT2D eigenvalue weighted by molar-refractivity contribution is -0.143. The van der Waals surface area contributed by atoms with Crippen molar-refractivity contribution >= 4 is 40.6 Å². The molecule has 0 unspecified atom stereocenters. The number of thioether (sulfide) groups is 2. The highest BCUT2D eigenvalue weighted by Gasteiger charge is 2.41. The summed E-state index contributed by atoms with van der Waals surface area (Å²) in [6, 6.07) is 7.47. The van der Waals surface area contributed by atoms with Crippen molar-refractivity contribution < 1.29 is 14.3 Å². The second kappa shape index (κ2) is 7.88. The van der Waals surface area contributed by atoms with E-state index in [0.29, 0.717) is 28.6 Å². The summed E-state index contributed by atoms with van der Waals surface area (Å²) in [4.78, 5) is 32.8. The second-order valence-electron chi connectivity index (χ2n) is 6.39. The van der Waals surface area contributed by atoms with Gasteiger partial charge in [-0.3, -0.25) is 9.69 Å². The summed E-state index contributed by atoms with van der Waals surface area (Å²) in [6.07, 6.45) is 2.22. The van der Waals surface area contributed by atoms with Crippen LogP contribution in [0.3, 0.4) is 0 Å². The number of hydrogen-bond donors (Lipinski definition) is 0. The molecule has 7 heteroatoms. The second-order valence-corrected chi connectivity index (χ2v) is 8.33. The average Bonchev–Trinajstić information content (AvgIpc) is 2.60. The molecule has 2 heterocycles. The Morgan fingerprint density at radius 3 is 2.65 bits per heavy atom. The lowest BCUT2D eigenvalue weighted by atomic mass is 9.94. The molecule has 26 heavy (non-hydrogen) atoms. The molecule has 1 fully saturated rings. The normalized spacial score (nSPS) is 20.2. The van der Waals surface area contributed by atoms with Gasteiger partial charge in [-0.2, -0.15) is 0 Å². The molecule has 0 spiro atoms. The Morgan fingerprint density at radius 1 is 1.35 bits per heavy atom. The van der Waals surface area contributed by atoms with E-state index < -0.39 is 12.0 Å². The summed E-state index contributed by atoms with van der Waals surface area (Å²) in [5.41, 5.74) is 1.94. The van der Waals surface area contributed by atoms with E-state index in [1.807, 2.05) is 51.3 Å². The molecule has 0 aromatic heterocycles. The Labute approximate surface area is 162 Å². The Hall–Kier alpha value is -1.73. The quantitative estimate of drug-likeness (QED) is 0.574. The molecule has 0 radical (unpaired) electrons. The number of aliphatic imine (C=N–C) groups is 1.